The number of halogens is 1. The van der Waals surface area contributed by atoms with Crippen molar-refractivity contribution in [1.82, 2.24) is 10.2 Å². The Balaban J connectivity index is 1.96. The van der Waals surface area contributed by atoms with Crippen molar-refractivity contribution in [2.45, 2.75) is 6.54 Å². The van der Waals surface area contributed by atoms with Crippen LogP contribution in [0.4, 0.5) is 4.79 Å². The molecule has 1 saturated heterocycles. The van der Waals surface area contributed by atoms with Crippen LogP contribution in [0.3, 0.4) is 0 Å². The third kappa shape index (κ3) is 3.52. The summed E-state index contributed by atoms with van der Waals surface area (Å²) in [5.41, 5.74) is 0.785. The van der Waals surface area contributed by atoms with E-state index in [-0.39, 0.29) is 6.03 Å². The molecule has 1 N–H and O–H groups in total. The predicted octanol–water partition coefficient (Wildman–Crippen LogP) is 1.89. The van der Waals surface area contributed by atoms with Crippen molar-refractivity contribution in [2.24, 2.45) is 0 Å². The second-order valence-corrected chi connectivity index (χ2v) is 4.59. The number of carbonyl (C=O) groups is 1. The first kappa shape index (κ1) is 14.0. The molecule has 0 aliphatic carbocycles. The molecule has 1 aliphatic heterocycles. The molecule has 0 radical (unpaired) electrons. The Kier molecular flexibility index (Phi) is 4.87. The Morgan fingerprint density at radius 1 is 1.47 bits per heavy atom. The van der Waals surface area contributed by atoms with Crippen molar-refractivity contribution < 1.29 is 14.3 Å². The number of amides is 2. The Morgan fingerprint density at radius 2 is 2.21 bits per heavy atom. The van der Waals surface area contributed by atoms with Gasteiger partial charge in [-0.1, -0.05) is 17.7 Å². The minimum atomic E-state index is -0.106. The number of carbonyl (C=O) groups excluding carboxylic acids is 1. The minimum absolute atomic E-state index is 0.106. The minimum Gasteiger partial charge on any atom is -0.496 e. The molecular formula is C13H17ClN2O3. The lowest BCUT2D eigenvalue weighted by atomic mass is 10.2. The van der Waals surface area contributed by atoms with E-state index >= 15 is 0 Å². The largest absolute Gasteiger partial charge is 0.496 e. The zero-order chi connectivity index (χ0) is 13.7. The number of morpholine rings is 1. The molecule has 2 amide bonds. The normalized spacial score (nSPS) is 15.2. The quantitative estimate of drug-likeness (QED) is 0.922. The van der Waals surface area contributed by atoms with Crippen LogP contribution in [0.15, 0.2) is 18.2 Å². The second-order valence-electron chi connectivity index (χ2n) is 4.18. The molecular weight excluding hydrogens is 268 g/mol. The molecule has 1 fully saturated rings. The van der Waals surface area contributed by atoms with Crippen molar-refractivity contribution in [3.8, 4) is 5.75 Å². The van der Waals surface area contributed by atoms with Crippen molar-refractivity contribution in [2.75, 3.05) is 33.4 Å². The van der Waals surface area contributed by atoms with Gasteiger partial charge in [-0.15, -0.1) is 0 Å². The molecule has 5 nitrogen and oxygen atoms in total. The van der Waals surface area contributed by atoms with Crippen LogP contribution in [0.25, 0.3) is 0 Å². The first-order chi connectivity index (χ1) is 9.22. The summed E-state index contributed by atoms with van der Waals surface area (Å²) in [7, 11) is 1.58. The third-order valence-corrected chi connectivity index (χ3v) is 3.36. The van der Waals surface area contributed by atoms with E-state index in [4.69, 9.17) is 21.1 Å². The van der Waals surface area contributed by atoms with E-state index in [1.165, 1.54) is 0 Å². The number of hydrogen-bond donors (Lipinski definition) is 1. The molecule has 19 heavy (non-hydrogen) atoms. The highest BCUT2D eigenvalue weighted by molar-refractivity contribution is 6.31. The Bertz CT molecular complexity index is 448. The van der Waals surface area contributed by atoms with E-state index in [0.717, 1.165) is 5.56 Å². The third-order valence-electron chi connectivity index (χ3n) is 3.01. The number of nitrogens with zero attached hydrogens (tertiary/aromatic N) is 1. The van der Waals surface area contributed by atoms with Crippen LogP contribution >= 0.6 is 11.6 Å². The number of nitrogens with one attached hydrogen (secondary N) is 1. The molecule has 6 heteroatoms. The molecule has 2 rings (SSSR count). The molecule has 0 spiro atoms. The van der Waals surface area contributed by atoms with Gasteiger partial charge in [0.1, 0.15) is 5.75 Å². The van der Waals surface area contributed by atoms with Gasteiger partial charge >= 0.3 is 6.03 Å². The molecule has 0 aromatic heterocycles. The maximum atomic E-state index is 12.0. The topological polar surface area (TPSA) is 50.8 Å². The molecule has 0 saturated carbocycles. The monoisotopic (exact) mass is 284 g/mol. The smallest absolute Gasteiger partial charge is 0.317 e. The second kappa shape index (κ2) is 6.63. The van der Waals surface area contributed by atoms with Gasteiger partial charge in [-0.2, -0.15) is 0 Å². The van der Waals surface area contributed by atoms with Gasteiger partial charge in [0.05, 0.1) is 20.3 Å². The number of hydrogen-bond acceptors (Lipinski definition) is 3. The van der Waals surface area contributed by atoms with Gasteiger partial charge in [-0.05, 0) is 12.1 Å². The van der Waals surface area contributed by atoms with Crippen LogP contribution in [-0.4, -0.2) is 44.3 Å². The van der Waals surface area contributed by atoms with Gasteiger partial charge in [0, 0.05) is 30.2 Å². The summed E-state index contributed by atoms with van der Waals surface area (Å²) in [4.78, 5) is 13.7. The molecule has 1 aliphatic rings. The summed E-state index contributed by atoms with van der Waals surface area (Å²) in [6.07, 6.45) is 0. The number of ether oxygens (including phenoxy) is 2. The van der Waals surface area contributed by atoms with Gasteiger partial charge in [0.2, 0.25) is 0 Å². The fourth-order valence-corrected chi connectivity index (χ4v) is 2.18. The lowest BCUT2D eigenvalue weighted by molar-refractivity contribution is 0.0531. The Labute approximate surface area is 117 Å². The van der Waals surface area contributed by atoms with Crippen LogP contribution in [0.1, 0.15) is 5.56 Å². The predicted molar refractivity (Wildman–Crippen MR) is 72.6 cm³/mol. The summed E-state index contributed by atoms with van der Waals surface area (Å²) in [6, 6.07) is 5.31. The lowest BCUT2D eigenvalue weighted by Crippen LogP contribution is -2.45. The molecule has 104 valence electrons. The van der Waals surface area contributed by atoms with Crippen LogP contribution < -0.4 is 10.1 Å². The Morgan fingerprint density at radius 3 is 2.89 bits per heavy atom. The van der Waals surface area contributed by atoms with Crippen molar-refractivity contribution in [1.29, 1.82) is 0 Å². The standard InChI is InChI=1S/C13H17ClN2O3/c1-18-12-4-2-3-11(14)10(12)9-15-13(17)16-5-7-19-8-6-16/h2-4H,5-9H2,1H3,(H,15,17). The summed E-state index contributed by atoms with van der Waals surface area (Å²) in [5.74, 6) is 0.676. The van der Waals surface area contributed by atoms with E-state index in [0.29, 0.717) is 43.6 Å². The maximum Gasteiger partial charge on any atom is 0.317 e. The highest BCUT2D eigenvalue weighted by Crippen LogP contribution is 2.25. The van der Waals surface area contributed by atoms with Crippen LogP contribution in [0.5, 0.6) is 5.75 Å². The average molecular weight is 285 g/mol. The number of urea groups is 1. The molecule has 0 unspecified atom stereocenters. The average Bonchev–Trinajstić information content (AvgIpc) is 2.46. The summed E-state index contributed by atoms with van der Waals surface area (Å²) >= 11 is 6.11. The number of benzene rings is 1. The van der Waals surface area contributed by atoms with Crippen molar-refractivity contribution in [3.05, 3.63) is 28.8 Å². The van der Waals surface area contributed by atoms with Crippen LogP contribution in [-0.2, 0) is 11.3 Å². The van der Waals surface area contributed by atoms with Gasteiger partial charge < -0.3 is 19.7 Å². The number of methoxy groups -OCH3 is 1. The van der Waals surface area contributed by atoms with Gasteiger partial charge in [-0.3, -0.25) is 0 Å². The SMILES string of the molecule is COc1cccc(Cl)c1CNC(=O)N1CCOCC1. The summed E-state index contributed by atoms with van der Waals surface area (Å²) < 4.78 is 10.4. The van der Waals surface area contributed by atoms with Gasteiger partial charge in [0.15, 0.2) is 0 Å². The van der Waals surface area contributed by atoms with Gasteiger partial charge in [-0.25, -0.2) is 4.79 Å². The zero-order valence-electron chi connectivity index (χ0n) is 10.8. The van der Waals surface area contributed by atoms with E-state index in [1.54, 1.807) is 18.1 Å². The van der Waals surface area contributed by atoms with E-state index in [1.807, 2.05) is 12.1 Å². The molecule has 1 aromatic carbocycles. The van der Waals surface area contributed by atoms with E-state index in [2.05, 4.69) is 5.32 Å². The first-order valence-electron chi connectivity index (χ1n) is 6.14. The highest BCUT2D eigenvalue weighted by atomic mass is 35.5. The zero-order valence-corrected chi connectivity index (χ0v) is 11.6. The summed E-state index contributed by atoms with van der Waals surface area (Å²) in [6.45, 7) is 2.75. The number of rotatable bonds is 3. The molecule has 1 aromatic rings. The Hall–Kier alpha value is -1.46. The first-order valence-corrected chi connectivity index (χ1v) is 6.52. The van der Waals surface area contributed by atoms with Crippen LogP contribution in [0, 0.1) is 0 Å². The lowest BCUT2D eigenvalue weighted by Gasteiger charge is -2.27. The van der Waals surface area contributed by atoms with E-state index in [9.17, 15) is 4.79 Å². The maximum absolute atomic E-state index is 12.0. The molecule has 0 bridgehead atoms. The van der Waals surface area contributed by atoms with Crippen molar-refractivity contribution in [3.63, 3.8) is 0 Å². The summed E-state index contributed by atoms with van der Waals surface area (Å²) in [5, 5.41) is 3.44. The molecule has 1 heterocycles. The fourth-order valence-electron chi connectivity index (χ4n) is 1.94. The van der Waals surface area contributed by atoms with E-state index < -0.39 is 0 Å². The molecule has 0 atom stereocenters. The van der Waals surface area contributed by atoms with Gasteiger partial charge in [0.25, 0.3) is 0 Å². The highest BCUT2D eigenvalue weighted by Gasteiger charge is 2.17. The van der Waals surface area contributed by atoms with Crippen molar-refractivity contribution >= 4 is 17.6 Å². The fraction of sp³-hybridized carbons (Fsp3) is 0.462. The van der Waals surface area contributed by atoms with Crippen LogP contribution in [0.2, 0.25) is 5.02 Å².